The van der Waals surface area contributed by atoms with E-state index in [1.165, 1.54) is 25.5 Å². The summed E-state index contributed by atoms with van der Waals surface area (Å²) in [5, 5.41) is 12.3. The maximum absolute atomic E-state index is 10.7. The Hall–Kier alpha value is -1.29. The predicted octanol–water partition coefficient (Wildman–Crippen LogP) is 2.89. The molecule has 1 fully saturated rings. The summed E-state index contributed by atoms with van der Waals surface area (Å²) in [7, 11) is 0. The molecule has 1 aliphatic rings. The molecule has 0 spiro atoms. The zero-order valence-electron chi connectivity index (χ0n) is 11.0. The number of hydrogen-bond donors (Lipinski definition) is 2. The summed E-state index contributed by atoms with van der Waals surface area (Å²) in [5.41, 5.74) is 0.220. The minimum atomic E-state index is -0.940. The van der Waals surface area contributed by atoms with Gasteiger partial charge >= 0.3 is 5.97 Å². The van der Waals surface area contributed by atoms with Crippen LogP contribution >= 0.6 is 0 Å². The van der Waals surface area contributed by atoms with Gasteiger partial charge in [0.25, 0.3) is 0 Å². The molecule has 4 heteroatoms. The van der Waals surface area contributed by atoms with E-state index in [2.05, 4.69) is 19.2 Å². The molecule has 1 aliphatic carbocycles. The van der Waals surface area contributed by atoms with Gasteiger partial charge in [0.1, 0.15) is 12.0 Å². The highest BCUT2D eigenvalue weighted by Gasteiger charge is 2.24. The Morgan fingerprint density at radius 2 is 2.28 bits per heavy atom. The molecule has 3 unspecified atom stereocenters. The third-order valence-corrected chi connectivity index (χ3v) is 3.87. The monoisotopic (exact) mass is 251 g/mol. The molecule has 100 valence electrons. The minimum absolute atomic E-state index is 0.220. The lowest BCUT2D eigenvalue weighted by Gasteiger charge is -2.33. The minimum Gasteiger partial charge on any atom is -0.478 e. The Morgan fingerprint density at radius 1 is 1.50 bits per heavy atom. The molecule has 1 aromatic heterocycles. The van der Waals surface area contributed by atoms with Crippen LogP contribution < -0.4 is 5.32 Å². The molecule has 2 N–H and O–H groups in total. The van der Waals surface area contributed by atoms with E-state index >= 15 is 0 Å². The lowest BCUT2D eigenvalue weighted by molar-refractivity contribution is 0.0696. The van der Waals surface area contributed by atoms with Crippen molar-refractivity contribution < 1.29 is 14.3 Å². The molecule has 18 heavy (non-hydrogen) atoms. The highest BCUT2D eigenvalue weighted by molar-refractivity contribution is 5.87. The van der Waals surface area contributed by atoms with Crippen LogP contribution in [0.2, 0.25) is 0 Å². The Labute approximate surface area is 107 Å². The summed E-state index contributed by atoms with van der Waals surface area (Å²) in [5.74, 6) is 1.24. The molecule has 3 atom stereocenters. The summed E-state index contributed by atoms with van der Waals surface area (Å²) in [6.07, 6.45) is 5.01. The maximum Gasteiger partial charge on any atom is 0.338 e. The quantitative estimate of drug-likeness (QED) is 0.863. The van der Waals surface area contributed by atoms with Crippen molar-refractivity contribution in [3.63, 3.8) is 0 Å². The molecule has 0 aromatic carbocycles. The first-order valence-corrected chi connectivity index (χ1v) is 6.60. The zero-order chi connectivity index (χ0) is 13.1. The van der Waals surface area contributed by atoms with Crippen LogP contribution in [0, 0.1) is 11.8 Å². The number of furan rings is 1. The summed E-state index contributed by atoms with van der Waals surface area (Å²) in [6, 6.07) is 2.10. The fraction of sp³-hybridized carbons (Fsp3) is 0.643. The molecule has 0 bridgehead atoms. The molecule has 0 saturated heterocycles. The van der Waals surface area contributed by atoms with Gasteiger partial charge in [-0.05, 0) is 37.2 Å². The average Bonchev–Trinajstić information content (AvgIpc) is 2.76. The topological polar surface area (TPSA) is 62.5 Å². The molecule has 1 saturated carbocycles. The van der Waals surface area contributed by atoms with E-state index in [0.29, 0.717) is 24.3 Å². The fourth-order valence-electron chi connectivity index (χ4n) is 2.79. The first-order valence-electron chi connectivity index (χ1n) is 6.60. The number of nitrogens with one attached hydrogen (secondary N) is 1. The van der Waals surface area contributed by atoms with E-state index in [1.807, 2.05) is 0 Å². The fourth-order valence-corrected chi connectivity index (χ4v) is 2.79. The van der Waals surface area contributed by atoms with Crippen LogP contribution in [0.5, 0.6) is 0 Å². The van der Waals surface area contributed by atoms with Crippen LogP contribution in [0.1, 0.15) is 49.2 Å². The lowest BCUT2D eigenvalue weighted by atomic mass is 9.80. The Bertz CT molecular complexity index is 413. The summed E-state index contributed by atoms with van der Waals surface area (Å²) >= 11 is 0. The third-order valence-electron chi connectivity index (χ3n) is 3.87. The van der Waals surface area contributed by atoms with Crippen molar-refractivity contribution in [1.29, 1.82) is 0 Å². The Balaban J connectivity index is 1.85. The summed E-state index contributed by atoms with van der Waals surface area (Å²) in [4.78, 5) is 10.7. The van der Waals surface area contributed by atoms with Crippen molar-refractivity contribution >= 4 is 5.97 Å². The molecule has 4 nitrogen and oxygen atoms in total. The number of carbonyl (C=O) groups is 1. The van der Waals surface area contributed by atoms with Crippen molar-refractivity contribution in [2.24, 2.45) is 11.8 Å². The molecule has 1 aromatic rings. The van der Waals surface area contributed by atoms with Gasteiger partial charge < -0.3 is 14.8 Å². The van der Waals surface area contributed by atoms with E-state index < -0.39 is 5.97 Å². The van der Waals surface area contributed by atoms with Crippen LogP contribution in [0.4, 0.5) is 0 Å². The van der Waals surface area contributed by atoms with Gasteiger partial charge in [0.05, 0.1) is 12.1 Å². The summed E-state index contributed by atoms with van der Waals surface area (Å²) in [6.45, 7) is 5.19. The van der Waals surface area contributed by atoms with E-state index in [1.54, 1.807) is 6.07 Å². The van der Waals surface area contributed by atoms with Gasteiger partial charge in [-0.3, -0.25) is 0 Å². The second-order valence-electron chi connectivity index (χ2n) is 5.49. The highest BCUT2D eigenvalue weighted by atomic mass is 16.4. The van der Waals surface area contributed by atoms with Crippen molar-refractivity contribution in [3.8, 4) is 0 Å². The Kier molecular flexibility index (Phi) is 4.07. The number of carboxylic acids is 1. The smallest absolute Gasteiger partial charge is 0.338 e. The first-order chi connectivity index (χ1) is 8.56. The highest BCUT2D eigenvalue weighted by Crippen LogP contribution is 2.28. The van der Waals surface area contributed by atoms with Crippen LogP contribution in [0.25, 0.3) is 0 Å². The van der Waals surface area contributed by atoms with Gasteiger partial charge in [-0.15, -0.1) is 0 Å². The van der Waals surface area contributed by atoms with Crippen molar-refractivity contribution in [2.75, 3.05) is 0 Å². The number of rotatable bonds is 4. The standard InChI is InChI=1S/C14H21NO3/c1-9-3-4-13(10(2)5-9)15-7-12-6-11(8-18-12)14(16)17/h6,8-10,13,15H,3-5,7H2,1-2H3,(H,16,17). The van der Waals surface area contributed by atoms with E-state index in [0.717, 1.165) is 5.92 Å². The van der Waals surface area contributed by atoms with Crippen molar-refractivity contribution in [1.82, 2.24) is 5.32 Å². The first kappa shape index (κ1) is 13.1. The zero-order valence-corrected chi connectivity index (χ0v) is 11.0. The van der Waals surface area contributed by atoms with Gasteiger partial charge in [0, 0.05) is 6.04 Å². The number of hydrogen-bond acceptors (Lipinski definition) is 3. The van der Waals surface area contributed by atoms with Gasteiger partial charge in [-0.25, -0.2) is 4.79 Å². The Morgan fingerprint density at radius 3 is 2.89 bits per heavy atom. The molecular formula is C14H21NO3. The molecule has 2 rings (SSSR count). The average molecular weight is 251 g/mol. The van der Waals surface area contributed by atoms with Crippen molar-refractivity contribution in [3.05, 3.63) is 23.7 Å². The second kappa shape index (κ2) is 5.57. The predicted molar refractivity (Wildman–Crippen MR) is 68.5 cm³/mol. The molecule has 0 aliphatic heterocycles. The van der Waals surface area contributed by atoms with E-state index in [9.17, 15) is 4.79 Å². The maximum atomic E-state index is 10.7. The number of aromatic carboxylic acids is 1. The third kappa shape index (κ3) is 3.13. The van der Waals surface area contributed by atoms with Crippen LogP contribution in [-0.4, -0.2) is 17.1 Å². The molecule has 1 heterocycles. The SMILES string of the molecule is CC1CCC(NCc2cc(C(=O)O)co2)C(C)C1. The van der Waals surface area contributed by atoms with Crippen LogP contribution in [0.3, 0.4) is 0 Å². The van der Waals surface area contributed by atoms with Crippen molar-refractivity contribution in [2.45, 2.75) is 45.7 Å². The molecule has 0 amide bonds. The van der Waals surface area contributed by atoms with Gasteiger partial charge in [0.15, 0.2) is 0 Å². The second-order valence-corrected chi connectivity index (χ2v) is 5.49. The number of carboxylic acid groups (broad SMARTS) is 1. The van der Waals surface area contributed by atoms with E-state index in [4.69, 9.17) is 9.52 Å². The van der Waals surface area contributed by atoms with Gasteiger partial charge in [0.2, 0.25) is 0 Å². The largest absolute Gasteiger partial charge is 0.478 e. The molecule has 0 radical (unpaired) electrons. The van der Waals surface area contributed by atoms with Crippen LogP contribution in [0.15, 0.2) is 16.7 Å². The lowest BCUT2D eigenvalue weighted by Crippen LogP contribution is -2.38. The van der Waals surface area contributed by atoms with E-state index in [-0.39, 0.29) is 5.56 Å². The summed E-state index contributed by atoms with van der Waals surface area (Å²) < 4.78 is 5.23. The normalized spacial score (nSPS) is 28.2. The van der Waals surface area contributed by atoms with Gasteiger partial charge in [-0.1, -0.05) is 13.8 Å². The molecular weight excluding hydrogens is 230 g/mol. The van der Waals surface area contributed by atoms with Crippen LogP contribution in [-0.2, 0) is 6.54 Å². The van der Waals surface area contributed by atoms with Gasteiger partial charge in [-0.2, -0.15) is 0 Å².